The predicted molar refractivity (Wildman–Crippen MR) is 144 cm³/mol. The molecule has 0 aliphatic rings. The minimum Gasteiger partial charge on any atom is -0.441 e. The van der Waals surface area contributed by atoms with E-state index >= 15 is 0 Å². The van der Waals surface area contributed by atoms with E-state index in [0.29, 0.717) is 22.8 Å². The van der Waals surface area contributed by atoms with Crippen LogP contribution in [0, 0.1) is 0 Å². The first kappa shape index (κ1) is 26.5. The Balaban J connectivity index is 1.17. The third-order valence-electron chi connectivity index (χ3n) is 5.99. The van der Waals surface area contributed by atoms with Crippen molar-refractivity contribution >= 4 is 11.8 Å². The van der Waals surface area contributed by atoms with Gasteiger partial charge in [-0.2, -0.15) is 0 Å². The summed E-state index contributed by atoms with van der Waals surface area (Å²) in [4.78, 5) is 16.7. The van der Waals surface area contributed by atoms with E-state index in [2.05, 4.69) is 20.1 Å². The number of anilines is 1. The number of hydrogen-bond donors (Lipinski definition) is 1. The van der Waals surface area contributed by atoms with Crippen LogP contribution in [0.15, 0.2) is 109 Å². The van der Waals surface area contributed by atoms with E-state index in [-0.39, 0.29) is 5.75 Å². The van der Waals surface area contributed by atoms with E-state index < -0.39 is 18.6 Å². The van der Waals surface area contributed by atoms with Gasteiger partial charge in [0.15, 0.2) is 5.82 Å². The van der Waals surface area contributed by atoms with E-state index in [4.69, 9.17) is 4.74 Å². The van der Waals surface area contributed by atoms with Gasteiger partial charge in [0, 0.05) is 11.3 Å². The Kier molecular flexibility index (Phi) is 7.50. The summed E-state index contributed by atoms with van der Waals surface area (Å²) in [6.07, 6.45) is -4.35. The van der Waals surface area contributed by atoms with Crippen molar-refractivity contribution in [1.82, 2.24) is 14.8 Å². The van der Waals surface area contributed by atoms with Crippen LogP contribution in [0.3, 0.4) is 0 Å². The van der Waals surface area contributed by atoms with Crippen LogP contribution in [-0.2, 0) is 4.74 Å². The maximum Gasteiger partial charge on any atom is 0.573 e. The second-order valence-electron chi connectivity index (χ2n) is 8.79. The van der Waals surface area contributed by atoms with Gasteiger partial charge in [0.05, 0.1) is 5.69 Å². The largest absolute Gasteiger partial charge is 0.573 e. The highest BCUT2D eigenvalue weighted by Gasteiger charge is 2.31. The first-order chi connectivity index (χ1) is 19.2. The zero-order chi connectivity index (χ0) is 28.1. The van der Waals surface area contributed by atoms with E-state index in [1.165, 1.54) is 35.3 Å². The van der Waals surface area contributed by atoms with Gasteiger partial charge in [-0.05, 0) is 72.1 Å². The van der Waals surface area contributed by atoms with Gasteiger partial charge in [0.25, 0.3) is 0 Å². The van der Waals surface area contributed by atoms with Gasteiger partial charge in [-0.1, -0.05) is 54.6 Å². The predicted octanol–water partition coefficient (Wildman–Crippen LogP) is 7.81. The first-order valence-electron chi connectivity index (χ1n) is 12.2. The fourth-order valence-electron chi connectivity index (χ4n) is 3.98. The van der Waals surface area contributed by atoms with Crippen molar-refractivity contribution in [1.29, 1.82) is 0 Å². The normalized spacial score (nSPS) is 12.0. The van der Waals surface area contributed by atoms with Crippen LogP contribution in [-0.4, -0.2) is 27.2 Å². The number of alkyl halides is 3. The van der Waals surface area contributed by atoms with Gasteiger partial charge in [-0.15, -0.1) is 18.3 Å². The number of rotatable bonds is 7. The lowest BCUT2D eigenvalue weighted by Gasteiger charge is -2.15. The van der Waals surface area contributed by atoms with Crippen molar-refractivity contribution in [2.24, 2.45) is 0 Å². The number of ether oxygens (including phenoxy) is 2. The van der Waals surface area contributed by atoms with Gasteiger partial charge in [0.1, 0.15) is 18.2 Å². The van der Waals surface area contributed by atoms with Crippen molar-refractivity contribution in [3.8, 4) is 34.0 Å². The van der Waals surface area contributed by atoms with Crippen molar-refractivity contribution in [3.63, 3.8) is 0 Å². The van der Waals surface area contributed by atoms with Crippen LogP contribution in [0.25, 0.3) is 28.2 Å². The number of aromatic nitrogens is 3. The van der Waals surface area contributed by atoms with Crippen molar-refractivity contribution in [2.45, 2.75) is 19.4 Å². The number of benzene rings is 4. The molecule has 202 valence electrons. The molecule has 0 spiro atoms. The van der Waals surface area contributed by atoms with Gasteiger partial charge in [-0.3, -0.25) is 5.32 Å². The number of carbonyl (C=O) groups is 1. The number of halogens is 3. The van der Waals surface area contributed by atoms with Crippen LogP contribution >= 0.6 is 0 Å². The summed E-state index contributed by atoms with van der Waals surface area (Å²) in [7, 11) is 0. The molecule has 1 unspecified atom stereocenters. The standard InChI is InChI=1S/C30H23F3N4O3/c1-20(21-7-9-23(10-8-21)22-5-3-2-4-6-22)39-29(38)35-25-13-11-24(12-14-25)28-34-19-37(36-28)26-15-17-27(18-16-26)40-30(31,32)33/h2-20H,1H3,(H,35,38). The highest BCUT2D eigenvalue weighted by atomic mass is 19.4. The lowest BCUT2D eigenvalue weighted by atomic mass is 10.0. The third kappa shape index (κ3) is 6.65. The third-order valence-corrected chi connectivity index (χ3v) is 5.99. The number of carbonyl (C=O) groups excluding carboxylic acids is 1. The highest BCUT2D eigenvalue weighted by Crippen LogP contribution is 2.26. The lowest BCUT2D eigenvalue weighted by Crippen LogP contribution is -2.17. The SMILES string of the molecule is CC(OC(=O)Nc1ccc(-c2ncn(-c3ccc(OC(F)(F)F)cc3)n2)cc1)c1ccc(-c2ccccc2)cc1. The molecule has 5 aromatic rings. The molecular weight excluding hydrogens is 521 g/mol. The zero-order valence-electron chi connectivity index (χ0n) is 21.2. The summed E-state index contributed by atoms with van der Waals surface area (Å²) in [5.74, 6) is 0.0749. The van der Waals surface area contributed by atoms with E-state index in [1.807, 2.05) is 54.6 Å². The maximum atomic E-state index is 12.5. The van der Waals surface area contributed by atoms with Gasteiger partial charge < -0.3 is 9.47 Å². The molecule has 1 N–H and O–H groups in total. The molecule has 0 aliphatic heterocycles. The van der Waals surface area contributed by atoms with Crippen LogP contribution in [0.1, 0.15) is 18.6 Å². The fourth-order valence-corrected chi connectivity index (χ4v) is 3.98. The molecule has 0 saturated heterocycles. The smallest absolute Gasteiger partial charge is 0.441 e. The second kappa shape index (κ2) is 11.3. The molecule has 0 fully saturated rings. The van der Waals surface area contributed by atoms with Crippen LogP contribution in [0.4, 0.5) is 23.7 Å². The minimum atomic E-state index is -4.76. The fraction of sp³-hybridized carbons (Fsp3) is 0.100. The Hall–Kier alpha value is -5.12. The molecule has 1 amide bonds. The maximum absolute atomic E-state index is 12.5. The Labute approximate surface area is 227 Å². The van der Waals surface area contributed by atoms with Crippen LogP contribution in [0.2, 0.25) is 0 Å². The van der Waals surface area contributed by atoms with Crippen LogP contribution < -0.4 is 10.1 Å². The molecule has 5 rings (SSSR count). The molecular formula is C30H23F3N4O3. The molecule has 0 radical (unpaired) electrons. The van der Waals surface area contributed by atoms with Crippen molar-refractivity contribution < 1.29 is 27.4 Å². The number of nitrogens with zero attached hydrogens (tertiary/aromatic N) is 3. The molecule has 4 aromatic carbocycles. The monoisotopic (exact) mass is 544 g/mol. The topological polar surface area (TPSA) is 78.3 Å². The quantitative estimate of drug-likeness (QED) is 0.226. The molecule has 1 aromatic heterocycles. The average Bonchev–Trinajstić information content (AvgIpc) is 3.44. The summed E-state index contributed by atoms with van der Waals surface area (Å²) < 4.78 is 47.9. The Morgan fingerprint density at radius 3 is 2.10 bits per heavy atom. The zero-order valence-corrected chi connectivity index (χ0v) is 21.2. The van der Waals surface area contributed by atoms with E-state index in [9.17, 15) is 18.0 Å². The first-order valence-corrected chi connectivity index (χ1v) is 12.2. The molecule has 7 nitrogen and oxygen atoms in total. The summed E-state index contributed by atoms with van der Waals surface area (Å²) in [5.41, 5.74) is 4.78. The summed E-state index contributed by atoms with van der Waals surface area (Å²) in [5, 5.41) is 7.09. The van der Waals surface area contributed by atoms with Crippen LogP contribution in [0.5, 0.6) is 5.75 Å². The number of hydrogen-bond acceptors (Lipinski definition) is 5. The Morgan fingerprint density at radius 1 is 0.825 bits per heavy atom. The minimum absolute atomic E-state index is 0.325. The average molecular weight is 545 g/mol. The Morgan fingerprint density at radius 2 is 1.45 bits per heavy atom. The molecule has 0 saturated carbocycles. The van der Waals surface area contributed by atoms with Crippen molar-refractivity contribution in [3.05, 3.63) is 115 Å². The molecule has 0 bridgehead atoms. The Bertz CT molecular complexity index is 1570. The number of nitrogens with one attached hydrogen (secondary N) is 1. The van der Waals surface area contributed by atoms with Gasteiger partial charge in [-0.25, -0.2) is 14.5 Å². The molecule has 1 atom stereocenters. The summed E-state index contributed by atoms with van der Waals surface area (Å²) in [6, 6.07) is 30.0. The summed E-state index contributed by atoms with van der Waals surface area (Å²) >= 11 is 0. The van der Waals surface area contributed by atoms with E-state index in [0.717, 1.165) is 16.7 Å². The lowest BCUT2D eigenvalue weighted by molar-refractivity contribution is -0.274. The summed E-state index contributed by atoms with van der Waals surface area (Å²) in [6.45, 7) is 1.80. The second-order valence-corrected chi connectivity index (χ2v) is 8.79. The highest BCUT2D eigenvalue weighted by molar-refractivity contribution is 5.85. The molecule has 1 heterocycles. The molecule has 0 aliphatic carbocycles. The number of amides is 1. The molecule has 10 heteroatoms. The van der Waals surface area contributed by atoms with Gasteiger partial charge >= 0.3 is 12.5 Å². The van der Waals surface area contributed by atoms with E-state index in [1.54, 1.807) is 31.2 Å². The van der Waals surface area contributed by atoms with Crippen molar-refractivity contribution in [2.75, 3.05) is 5.32 Å². The molecule has 40 heavy (non-hydrogen) atoms. The van der Waals surface area contributed by atoms with Gasteiger partial charge in [0.2, 0.25) is 0 Å².